The minimum absolute atomic E-state index is 0.00262. The van der Waals surface area contributed by atoms with Gasteiger partial charge in [-0.15, -0.1) is 0 Å². The number of pyridine rings is 1. The molecule has 0 fully saturated rings. The zero-order chi connectivity index (χ0) is 24.3. The summed E-state index contributed by atoms with van der Waals surface area (Å²) in [6.45, 7) is 5.44. The Hall–Kier alpha value is -3.31. The van der Waals surface area contributed by atoms with Gasteiger partial charge in [-0.2, -0.15) is 0 Å². The Bertz CT molecular complexity index is 1070. The molecule has 0 unspecified atom stereocenters. The van der Waals surface area contributed by atoms with Gasteiger partial charge in [-0.1, -0.05) is 13.0 Å². The lowest BCUT2D eigenvalue weighted by Crippen LogP contribution is -2.31. The van der Waals surface area contributed by atoms with Crippen molar-refractivity contribution >= 4 is 27.8 Å². The van der Waals surface area contributed by atoms with Gasteiger partial charge in [0.15, 0.2) is 0 Å². The number of amides is 2. The zero-order valence-electron chi connectivity index (χ0n) is 18.5. The maximum atomic E-state index is 12.6. The maximum Gasteiger partial charge on any atom is 0.356 e. The Balaban J connectivity index is 2.03. The number of nitrogens with one attached hydrogen (secondary N) is 2. The van der Waals surface area contributed by atoms with Crippen LogP contribution in [0.1, 0.15) is 57.9 Å². The molecule has 2 aromatic rings. The van der Waals surface area contributed by atoms with E-state index in [2.05, 4.69) is 10.3 Å². The average molecular weight is 478 g/mol. The molecule has 0 bridgehead atoms. The summed E-state index contributed by atoms with van der Waals surface area (Å²) in [7, 11) is -4.25. The topological polar surface area (TPSA) is 141 Å². The van der Waals surface area contributed by atoms with E-state index in [-0.39, 0.29) is 28.3 Å². The molecule has 0 atom stereocenters. The molecule has 1 heterocycles. The van der Waals surface area contributed by atoms with E-state index in [1.54, 1.807) is 0 Å². The molecule has 0 aliphatic heterocycles. The standard InChI is InChI=1S/C22H27N3O7S/c1-3-12-32-22(28)19-10-9-17(15-24-19)21(27)25-33(29,30)18-8-5-7-16(14-18)20(26)23-11-6-13-31-4-2/h5,7-10,14-15H,3-4,6,11-13H2,1-2H3,(H,23,26)(H,25,27). The van der Waals surface area contributed by atoms with Crippen molar-refractivity contribution in [1.29, 1.82) is 0 Å². The molecule has 0 saturated carbocycles. The number of ether oxygens (including phenoxy) is 2. The SMILES string of the molecule is CCCOC(=O)c1ccc(C(=O)NS(=O)(=O)c2cccc(C(=O)NCCCOCC)c2)cn1. The van der Waals surface area contributed by atoms with Crippen LogP contribution < -0.4 is 10.0 Å². The summed E-state index contributed by atoms with van der Waals surface area (Å²) in [5.41, 5.74) is 0.0787. The number of sulfonamides is 1. The highest BCUT2D eigenvalue weighted by Crippen LogP contribution is 2.13. The van der Waals surface area contributed by atoms with Crippen LogP contribution in [0.2, 0.25) is 0 Å². The third-order valence-electron chi connectivity index (χ3n) is 4.26. The van der Waals surface area contributed by atoms with Crippen molar-refractivity contribution in [2.75, 3.05) is 26.4 Å². The average Bonchev–Trinajstić information content (AvgIpc) is 2.82. The second-order valence-electron chi connectivity index (χ2n) is 6.84. The predicted octanol–water partition coefficient (Wildman–Crippen LogP) is 1.92. The van der Waals surface area contributed by atoms with Crippen LogP contribution in [0.15, 0.2) is 47.5 Å². The van der Waals surface area contributed by atoms with Gasteiger partial charge in [0, 0.05) is 31.5 Å². The molecular weight excluding hydrogens is 450 g/mol. The van der Waals surface area contributed by atoms with E-state index < -0.39 is 27.8 Å². The molecule has 0 spiro atoms. The molecule has 0 radical (unpaired) electrons. The van der Waals surface area contributed by atoms with Gasteiger partial charge in [0.05, 0.1) is 17.1 Å². The molecule has 1 aromatic heterocycles. The molecule has 33 heavy (non-hydrogen) atoms. The lowest BCUT2D eigenvalue weighted by Gasteiger charge is -2.09. The Labute approximate surface area is 192 Å². The van der Waals surface area contributed by atoms with Gasteiger partial charge in [0.1, 0.15) is 5.69 Å². The lowest BCUT2D eigenvalue weighted by molar-refractivity contribution is 0.0497. The molecule has 0 saturated heterocycles. The highest BCUT2D eigenvalue weighted by molar-refractivity contribution is 7.90. The molecule has 0 aliphatic carbocycles. The summed E-state index contributed by atoms with van der Waals surface area (Å²) >= 11 is 0. The molecule has 11 heteroatoms. The van der Waals surface area contributed by atoms with Crippen molar-refractivity contribution in [3.8, 4) is 0 Å². The van der Waals surface area contributed by atoms with Gasteiger partial charge in [0.25, 0.3) is 21.8 Å². The minimum Gasteiger partial charge on any atom is -0.461 e. The summed E-state index contributed by atoms with van der Waals surface area (Å²) in [5, 5.41) is 2.68. The highest BCUT2D eigenvalue weighted by atomic mass is 32.2. The van der Waals surface area contributed by atoms with Gasteiger partial charge in [-0.3, -0.25) is 9.59 Å². The Morgan fingerprint density at radius 3 is 2.45 bits per heavy atom. The normalized spacial score (nSPS) is 11.0. The number of hydrogen-bond donors (Lipinski definition) is 2. The largest absolute Gasteiger partial charge is 0.461 e. The second-order valence-corrected chi connectivity index (χ2v) is 8.52. The first-order valence-electron chi connectivity index (χ1n) is 10.4. The zero-order valence-corrected chi connectivity index (χ0v) is 19.3. The second kappa shape index (κ2) is 12.7. The molecule has 2 rings (SSSR count). The summed E-state index contributed by atoms with van der Waals surface area (Å²) in [6, 6.07) is 7.87. The van der Waals surface area contributed by atoms with Crippen LogP contribution in [0.3, 0.4) is 0 Å². The third kappa shape index (κ3) is 7.95. The molecule has 2 amide bonds. The molecule has 0 aliphatic rings. The summed E-state index contributed by atoms with van der Waals surface area (Å²) in [6.07, 6.45) is 2.36. The Kier molecular flexibility index (Phi) is 9.95. The number of carbonyl (C=O) groups excluding carboxylic acids is 3. The number of aromatic nitrogens is 1. The monoisotopic (exact) mass is 477 g/mol. The fraction of sp³-hybridized carbons (Fsp3) is 0.364. The van der Waals surface area contributed by atoms with E-state index in [0.717, 1.165) is 6.20 Å². The van der Waals surface area contributed by atoms with E-state index in [9.17, 15) is 22.8 Å². The Morgan fingerprint density at radius 2 is 1.79 bits per heavy atom. The van der Waals surface area contributed by atoms with E-state index in [0.29, 0.717) is 32.6 Å². The van der Waals surface area contributed by atoms with E-state index in [4.69, 9.17) is 9.47 Å². The molecule has 178 valence electrons. The van der Waals surface area contributed by atoms with Gasteiger partial charge >= 0.3 is 5.97 Å². The number of rotatable bonds is 12. The highest BCUT2D eigenvalue weighted by Gasteiger charge is 2.21. The van der Waals surface area contributed by atoms with Crippen molar-refractivity contribution < 1.29 is 32.3 Å². The fourth-order valence-corrected chi connectivity index (χ4v) is 3.60. The lowest BCUT2D eigenvalue weighted by atomic mass is 10.2. The quantitative estimate of drug-likeness (QED) is 0.349. The number of nitrogens with zero attached hydrogens (tertiary/aromatic N) is 1. The maximum absolute atomic E-state index is 12.6. The predicted molar refractivity (Wildman–Crippen MR) is 119 cm³/mol. The number of hydrogen-bond acceptors (Lipinski definition) is 8. The smallest absolute Gasteiger partial charge is 0.356 e. The van der Waals surface area contributed by atoms with E-state index in [1.807, 2.05) is 18.6 Å². The van der Waals surface area contributed by atoms with Crippen LogP contribution in [0.4, 0.5) is 0 Å². The molecule has 10 nitrogen and oxygen atoms in total. The molecule has 1 aromatic carbocycles. The first kappa shape index (κ1) is 25.9. The van der Waals surface area contributed by atoms with E-state index >= 15 is 0 Å². The van der Waals surface area contributed by atoms with Crippen molar-refractivity contribution in [2.45, 2.75) is 31.6 Å². The third-order valence-corrected chi connectivity index (χ3v) is 5.59. The Morgan fingerprint density at radius 1 is 1.00 bits per heavy atom. The molecule has 2 N–H and O–H groups in total. The van der Waals surface area contributed by atoms with Crippen LogP contribution >= 0.6 is 0 Å². The van der Waals surface area contributed by atoms with E-state index in [1.165, 1.54) is 36.4 Å². The minimum atomic E-state index is -4.25. The van der Waals surface area contributed by atoms with Crippen molar-refractivity contribution in [3.63, 3.8) is 0 Å². The van der Waals surface area contributed by atoms with Crippen LogP contribution in [0, 0.1) is 0 Å². The number of esters is 1. The van der Waals surface area contributed by atoms with Crippen LogP contribution in [0.25, 0.3) is 0 Å². The number of carbonyl (C=O) groups is 3. The van der Waals surface area contributed by atoms with Crippen LogP contribution in [-0.2, 0) is 19.5 Å². The summed E-state index contributed by atoms with van der Waals surface area (Å²) in [5.74, 6) is -2.00. The van der Waals surface area contributed by atoms with Gasteiger partial charge in [-0.05, 0) is 50.1 Å². The van der Waals surface area contributed by atoms with Crippen molar-refractivity contribution in [2.24, 2.45) is 0 Å². The molecular formula is C22H27N3O7S. The first-order valence-corrected chi connectivity index (χ1v) is 11.9. The summed E-state index contributed by atoms with van der Waals surface area (Å²) < 4.78 is 37.4. The van der Waals surface area contributed by atoms with Gasteiger partial charge in [-0.25, -0.2) is 22.9 Å². The van der Waals surface area contributed by atoms with Crippen molar-refractivity contribution in [3.05, 3.63) is 59.4 Å². The van der Waals surface area contributed by atoms with Crippen LogP contribution in [-0.4, -0.2) is 57.6 Å². The van der Waals surface area contributed by atoms with Gasteiger partial charge < -0.3 is 14.8 Å². The number of benzene rings is 1. The fourth-order valence-electron chi connectivity index (χ4n) is 2.58. The summed E-state index contributed by atoms with van der Waals surface area (Å²) in [4.78, 5) is 40.0. The van der Waals surface area contributed by atoms with Crippen LogP contribution in [0.5, 0.6) is 0 Å². The first-order chi connectivity index (χ1) is 15.8. The van der Waals surface area contributed by atoms with Crippen molar-refractivity contribution in [1.82, 2.24) is 15.0 Å². The van der Waals surface area contributed by atoms with Gasteiger partial charge in [0.2, 0.25) is 0 Å².